The van der Waals surface area contributed by atoms with Crippen molar-refractivity contribution in [2.24, 2.45) is 4.99 Å². The summed E-state index contributed by atoms with van der Waals surface area (Å²) in [5.74, 6) is -0.0607. The summed E-state index contributed by atoms with van der Waals surface area (Å²) < 4.78 is 0. The monoisotopic (exact) mass is 372 g/mol. The molecule has 0 aliphatic carbocycles. The van der Waals surface area contributed by atoms with Crippen LogP contribution in [-0.2, 0) is 16.1 Å². The second kappa shape index (κ2) is 7.70. The Bertz CT molecular complexity index is 730. The van der Waals surface area contributed by atoms with Gasteiger partial charge in [-0.05, 0) is 37.0 Å². The summed E-state index contributed by atoms with van der Waals surface area (Å²) in [6.45, 7) is 4.05. The van der Waals surface area contributed by atoms with E-state index in [-0.39, 0.29) is 23.5 Å². The van der Waals surface area contributed by atoms with Gasteiger partial charge in [-0.2, -0.15) is 0 Å². The Morgan fingerprint density at radius 3 is 2.88 bits per heavy atom. The lowest BCUT2D eigenvalue weighted by atomic mass is 10.1. The van der Waals surface area contributed by atoms with Gasteiger partial charge >= 0.3 is 0 Å². The molecule has 0 aromatic heterocycles. The number of fused-ring (bicyclic) bond motifs is 1. The minimum atomic E-state index is -0.325. The molecule has 0 bridgehead atoms. The van der Waals surface area contributed by atoms with E-state index in [1.54, 1.807) is 4.90 Å². The molecular weight excluding hydrogens is 348 g/mol. The Balaban J connectivity index is 1.30. The molecule has 1 aromatic rings. The summed E-state index contributed by atoms with van der Waals surface area (Å²) in [6, 6.07) is 8.38. The molecule has 4 rings (SSSR count). The normalized spacial score (nSPS) is 22.4. The third-order valence-corrected chi connectivity index (χ3v) is 6.30. The predicted molar refractivity (Wildman–Crippen MR) is 104 cm³/mol. The van der Waals surface area contributed by atoms with Crippen molar-refractivity contribution in [1.29, 1.82) is 0 Å². The summed E-state index contributed by atoms with van der Waals surface area (Å²) in [5.41, 5.74) is 2.33. The van der Waals surface area contributed by atoms with Crippen molar-refractivity contribution in [2.75, 3.05) is 31.1 Å². The third-order valence-electron chi connectivity index (χ3n) is 5.08. The van der Waals surface area contributed by atoms with Gasteiger partial charge in [0.1, 0.15) is 5.25 Å². The van der Waals surface area contributed by atoms with Crippen LogP contribution < -0.4 is 10.2 Å². The fourth-order valence-electron chi connectivity index (χ4n) is 3.67. The van der Waals surface area contributed by atoms with Gasteiger partial charge in [-0.25, -0.2) is 0 Å². The molecule has 0 radical (unpaired) electrons. The highest BCUT2D eigenvalue weighted by atomic mass is 32.2. The molecule has 3 heterocycles. The number of amides is 2. The molecular formula is C19H24N4O2S. The van der Waals surface area contributed by atoms with E-state index in [1.165, 1.54) is 36.7 Å². The van der Waals surface area contributed by atoms with Gasteiger partial charge in [0.25, 0.3) is 0 Å². The molecule has 0 saturated carbocycles. The molecule has 26 heavy (non-hydrogen) atoms. The maximum absolute atomic E-state index is 12.3. The van der Waals surface area contributed by atoms with E-state index in [1.807, 2.05) is 12.1 Å². The van der Waals surface area contributed by atoms with Crippen LogP contribution in [0.5, 0.6) is 0 Å². The average molecular weight is 372 g/mol. The number of hydrogen-bond acceptors (Lipinski definition) is 5. The van der Waals surface area contributed by atoms with Gasteiger partial charge < -0.3 is 10.2 Å². The van der Waals surface area contributed by atoms with E-state index < -0.39 is 0 Å². The molecule has 2 amide bonds. The van der Waals surface area contributed by atoms with E-state index in [4.69, 9.17) is 0 Å². The van der Waals surface area contributed by atoms with Crippen molar-refractivity contribution < 1.29 is 9.59 Å². The fraction of sp³-hybridized carbons (Fsp3) is 0.526. The van der Waals surface area contributed by atoms with Gasteiger partial charge in [-0.1, -0.05) is 23.9 Å². The smallest absolute Gasteiger partial charge is 0.242 e. The molecule has 6 nitrogen and oxygen atoms in total. The number of anilines is 1. The van der Waals surface area contributed by atoms with Gasteiger partial charge in [0.05, 0.1) is 6.54 Å². The molecule has 3 aliphatic heterocycles. The average Bonchev–Trinajstić information content (AvgIpc) is 3.25. The minimum Gasteiger partial charge on any atom is -0.372 e. The topological polar surface area (TPSA) is 65.0 Å². The number of piperidine rings is 1. The zero-order valence-corrected chi connectivity index (χ0v) is 15.6. The number of carbonyl (C=O) groups is 2. The van der Waals surface area contributed by atoms with E-state index in [9.17, 15) is 9.59 Å². The molecule has 138 valence electrons. The zero-order valence-electron chi connectivity index (χ0n) is 14.8. The highest BCUT2D eigenvalue weighted by Crippen LogP contribution is 2.31. The van der Waals surface area contributed by atoms with Crippen LogP contribution in [0, 0.1) is 0 Å². The Morgan fingerprint density at radius 2 is 2.08 bits per heavy atom. The number of rotatable bonds is 5. The van der Waals surface area contributed by atoms with Crippen LogP contribution in [0.3, 0.4) is 0 Å². The first-order valence-electron chi connectivity index (χ1n) is 9.34. The molecule has 1 aromatic carbocycles. The van der Waals surface area contributed by atoms with Crippen molar-refractivity contribution in [1.82, 2.24) is 10.2 Å². The Labute approximate surface area is 158 Å². The van der Waals surface area contributed by atoms with Crippen molar-refractivity contribution in [3.05, 3.63) is 29.8 Å². The lowest BCUT2D eigenvalue weighted by molar-refractivity contribution is -0.129. The van der Waals surface area contributed by atoms with Gasteiger partial charge in [0.15, 0.2) is 5.17 Å². The molecule has 0 spiro atoms. The first-order chi connectivity index (χ1) is 12.7. The van der Waals surface area contributed by atoms with Crippen molar-refractivity contribution in [3.63, 3.8) is 0 Å². The fourth-order valence-corrected chi connectivity index (χ4v) is 4.86. The Hall–Kier alpha value is -2.02. The molecule has 3 aliphatic rings. The van der Waals surface area contributed by atoms with Gasteiger partial charge in [-0.3, -0.25) is 19.5 Å². The van der Waals surface area contributed by atoms with Crippen LogP contribution in [0.4, 0.5) is 5.69 Å². The minimum absolute atomic E-state index is 0.0218. The number of nitrogens with zero attached hydrogens (tertiary/aromatic N) is 3. The van der Waals surface area contributed by atoms with Crippen molar-refractivity contribution >= 4 is 34.4 Å². The van der Waals surface area contributed by atoms with Crippen LogP contribution in [0.1, 0.15) is 31.2 Å². The first-order valence-corrected chi connectivity index (χ1v) is 10.2. The van der Waals surface area contributed by atoms with E-state index in [0.717, 1.165) is 23.8 Å². The standard InChI is InChI=1S/C19H24N4O2S/c24-17(12-16-18(25)23-10-7-20-19(23)26-16)21-13-14-5-4-6-15(11-14)22-8-2-1-3-9-22/h4-6,11,16H,1-3,7-10,12-13H2,(H,21,24)/t16-/m1/s1. The quantitative estimate of drug-likeness (QED) is 0.859. The highest BCUT2D eigenvalue weighted by molar-refractivity contribution is 8.15. The zero-order chi connectivity index (χ0) is 17.9. The Kier molecular flexibility index (Phi) is 5.15. The van der Waals surface area contributed by atoms with Crippen LogP contribution in [0.25, 0.3) is 0 Å². The third kappa shape index (κ3) is 3.72. The van der Waals surface area contributed by atoms with Crippen molar-refractivity contribution in [3.8, 4) is 0 Å². The second-order valence-electron chi connectivity index (χ2n) is 6.96. The molecule has 2 fully saturated rings. The van der Waals surface area contributed by atoms with Crippen LogP contribution in [-0.4, -0.2) is 53.3 Å². The second-order valence-corrected chi connectivity index (χ2v) is 8.13. The summed E-state index contributed by atoms with van der Waals surface area (Å²) in [5, 5.41) is 3.42. The molecule has 7 heteroatoms. The van der Waals surface area contributed by atoms with Crippen molar-refractivity contribution in [2.45, 2.75) is 37.5 Å². The van der Waals surface area contributed by atoms with Crippen LogP contribution >= 0.6 is 11.8 Å². The molecule has 2 saturated heterocycles. The molecule has 1 N–H and O–H groups in total. The molecule has 0 unspecified atom stereocenters. The Morgan fingerprint density at radius 1 is 1.23 bits per heavy atom. The van der Waals surface area contributed by atoms with Gasteiger partial charge in [0, 0.05) is 38.3 Å². The number of benzene rings is 1. The number of amidine groups is 1. The summed E-state index contributed by atoms with van der Waals surface area (Å²) in [4.78, 5) is 32.9. The van der Waals surface area contributed by atoms with E-state index in [0.29, 0.717) is 19.6 Å². The molecule has 1 atom stereocenters. The largest absolute Gasteiger partial charge is 0.372 e. The van der Waals surface area contributed by atoms with E-state index in [2.05, 4.69) is 27.3 Å². The first kappa shape index (κ1) is 17.4. The number of aliphatic imine (C=N–C) groups is 1. The summed E-state index contributed by atoms with van der Waals surface area (Å²) >= 11 is 1.42. The predicted octanol–water partition coefficient (Wildman–Crippen LogP) is 2.00. The highest BCUT2D eigenvalue weighted by Gasteiger charge is 2.40. The maximum atomic E-state index is 12.3. The number of thioether (sulfide) groups is 1. The SMILES string of the molecule is O=C(C[C@H]1SC2=NCCN2C1=O)NCc1cccc(N2CCCCC2)c1. The van der Waals surface area contributed by atoms with Crippen LogP contribution in [0.15, 0.2) is 29.3 Å². The van der Waals surface area contributed by atoms with Gasteiger partial charge in [0.2, 0.25) is 11.8 Å². The van der Waals surface area contributed by atoms with Crippen LogP contribution in [0.2, 0.25) is 0 Å². The summed E-state index contributed by atoms with van der Waals surface area (Å²) in [6.07, 6.45) is 4.02. The lowest BCUT2D eigenvalue weighted by Gasteiger charge is -2.29. The summed E-state index contributed by atoms with van der Waals surface area (Å²) in [7, 11) is 0. The number of hydrogen-bond donors (Lipinski definition) is 1. The number of nitrogens with one attached hydrogen (secondary N) is 1. The van der Waals surface area contributed by atoms with Gasteiger partial charge in [-0.15, -0.1) is 0 Å². The maximum Gasteiger partial charge on any atom is 0.242 e. The number of carbonyl (C=O) groups excluding carboxylic acids is 2. The lowest BCUT2D eigenvalue weighted by Crippen LogP contribution is -2.33. The van der Waals surface area contributed by atoms with E-state index >= 15 is 0 Å².